The highest BCUT2D eigenvalue weighted by Crippen LogP contribution is 2.35. The molecule has 0 atom stereocenters. The van der Waals surface area contributed by atoms with Gasteiger partial charge in [-0.15, -0.1) is 0 Å². The van der Waals surface area contributed by atoms with Crippen LogP contribution in [0, 0.1) is 0 Å². The van der Waals surface area contributed by atoms with Crippen molar-refractivity contribution in [1.29, 1.82) is 0 Å². The maximum Gasteiger partial charge on any atom is 0.263 e. The lowest BCUT2D eigenvalue weighted by atomic mass is 10.2. The number of hydrogen-bond donors (Lipinski definition) is 3. The minimum absolute atomic E-state index is 0.0235. The molecule has 0 aliphatic heterocycles. The maximum atomic E-state index is 12.4. The monoisotopic (exact) mass is 400 g/mol. The highest BCUT2D eigenvalue weighted by Gasteiger charge is 2.18. The Bertz CT molecular complexity index is 954. The van der Waals surface area contributed by atoms with Gasteiger partial charge in [0.15, 0.2) is 0 Å². The van der Waals surface area contributed by atoms with Crippen molar-refractivity contribution in [3.8, 4) is 0 Å². The highest BCUT2D eigenvalue weighted by atomic mass is 79.9. The average Bonchev–Trinajstić information content (AvgIpc) is 2.86. The van der Waals surface area contributed by atoms with Gasteiger partial charge in [-0.2, -0.15) is 0 Å². The number of H-pyrrole nitrogens is 1. The highest BCUT2D eigenvalue weighted by molar-refractivity contribution is 9.10. The van der Waals surface area contributed by atoms with E-state index in [2.05, 4.69) is 30.6 Å². The summed E-state index contributed by atoms with van der Waals surface area (Å²) in [4.78, 5) is 6.80. The summed E-state index contributed by atoms with van der Waals surface area (Å²) < 4.78 is 28.1. The number of fused-ring (bicyclic) bond motifs is 1. The van der Waals surface area contributed by atoms with E-state index in [1.807, 2.05) is 0 Å². The number of nitrogens with one attached hydrogen (secondary N) is 2. The number of nitrogen functional groups attached to an aromatic ring is 1. The first-order chi connectivity index (χ1) is 10.4. The molecule has 3 rings (SSSR count). The maximum absolute atomic E-state index is 12.4. The molecular formula is C13H10BrClN4O2S. The van der Waals surface area contributed by atoms with E-state index in [4.69, 9.17) is 17.3 Å². The molecule has 0 fully saturated rings. The van der Waals surface area contributed by atoms with Gasteiger partial charge in [-0.3, -0.25) is 4.72 Å². The van der Waals surface area contributed by atoms with E-state index in [0.717, 1.165) is 4.47 Å². The van der Waals surface area contributed by atoms with Gasteiger partial charge >= 0.3 is 0 Å². The number of sulfonamides is 1. The molecule has 0 radical (unpaired) electrons. The standard InChI is InChI=1S/C13H10BrClN4O2S/c14-8-6-18-13-10(3-2-9(15)12(8)13)19-22(20,21)7-1-4-11(16)17-5-7/h1-6,18-19H,(H2,16,17). The number of nitrogens with zero attached hydrogens (tertiary/aromatic N) is 1. The fraction of sp³-hybridized carbons (Fsp3) is 0. The summed E-state index contributed by atoms with van der Waals surface area (Å²) in [5.41, 5.74) is 6.44. The number of benzene rings is 1. The summed E-state index contributed by atoms with van der Waals surface area (Å²) in [6, 6.07) is 6.04. The fourth-order valence-electron chi connectivity index (χ4n) is 2.01. The third kappa shape index (κ3) is 2.65. The first-order valence-corrected chi connectivity index (χ1v) is 8.73. The second-order valence-electron chi connectivity index (χ2n) is 4.51. The van der Waals surface area contributed by atoms with Crippen LogP contribution in [0.2, 0.25) is 5.02 Å². The molecule has 114 valence electrons. The molecule has 0 spiro atoms. The minimum atomic E-state index is -3.77. The first-order valence-electron chi connectivity index (χ1n) is 6.08. The quantitative estimate of drug-likeness (QED) is 0.626. The zero-order chi connectivity index (χ0) is 15.9. The summed E-state index contributed by atoms with van der Waals surface area (Å²) in [7, 11) is -3.77. The largest absolute Gasteiger partial charge is 0.384 e. The van der Waals surface area contributed by atoms with Gasteiger partial charge in [-0.05, 0) is 40.2 Å². The van der Waals surface area contributed by atoms with Crippen LogP contribution in [0.3, 0.4) is 0 Å². The third-order valence-electron chi connectivity index (χ3n) is 3.05. The van der Waals surface area contributed by atoms with Crippen LogP contribution in [0.15, 0.2) is 46.0 Å². The Kier molecular flexibility index (Phi) is 3.75. The van der Waals surface area contributed by atoms with Gasteiger partial charge in [-0.1, -0.05) is 11.6 Å². The molecule has 0 amide bonds. The van der Waals surface area contributed by atoms with E-state index < -0.39 is 10.0 Å². The Labute approximate surface area is 139 Å². The number of halogens is 2. The van der Waals surface area contributed by atoms with E-state index in [1.54, 1.807) is 18.3 Å². The third-order valence-corrected chi connectivity index (χ3v) is 5.34. The van der Waals surface area contributed by atoms with Crippen LogP contribution in [-0.4, -0.2) is 18.4 Å². The van der Waals surface area contributed by atoms with Gasteiger partial charge in [-0.25, -0.2) is 13.4 Å². The van der Waals surface area contributed by atoms with Crippen molar-refractivity contribution in [2.75, 3.05) is 10.5 Å². The lowest BCUT2D eigenvalue weighted by molar-refractivity contribution is 0.601. The number of nitrogens with two attached hydrogens (primary N) is 1. The van der Waals surface area contributed by atoms with E-state index >= 15 is 0 Å². The van der Waals surface area contributed by atoms with Crippen molar-refractivity contribution in [3.63, 3.8) is 0 Å². The molecule has 2 heterocycles. The van der Waals surface area contributed by atoms with Crippen LogP contribution in [0.5, 0.6) is 0 Å². The minimum Gasteiger partial charge on any atom is -0.384 e. The molecule has 1 aromatic carbocycles. The molecule has 4 N–H and O–H groups in total. The molecule has 0 unspecified atom stereocenters. The van der Waals surface area contributed by atoms with Gasteiger partial charge in [0.1, 0.15) is 10.7 Å². The Morgan fingerprint density at radius 2 is 2.05 bits per heavy atom. The van der Waals surface area contributed by atoms with Crippen LogP contribution in [-0.2, 0) is 10.0 Å². The van der Waals surface area contributed by atoms with Crippen molar-refractivity contribution >= 4 is 60.0 Å². The summed E-state index contributed by atoms with van der Waals surface area (Å²) in [5.74, 6) is 0.251. The van der Waals surface area contributed by atoms with Gasteiger partial charge in [0.25, 0.3) is 10.0 Å². The Morgan fingerprint density at radius 1 is 1.27 bits per heavy atom. The number of pyridine rings is 1. The number of anilines is 2. The zero-order valence-electron chi connectivity index (χ0n) is 11.0. The number of aromatic nitrogens is 2. The van der Waals surface area contributed by atoms with Gasteiger partial charge < -0.3 is 10.7 Å². The van der Waals surface area contributed by atoms with Crippen molar-refractivity contribution in [1.82, 2.24) is 9.97 Å². The van der Waals surface area contributed by atoms with Crippen molar-refractivity contribution < 1.29 is 8.42 Å². The van der Waals surface area contributed by atoms with E-state index in [-0.39, 0.29) is 10.7 Å². The second-order valence-corrected chi connectivity index (χ2v) is 7.45. The molecule has 3 aromatic rings. The van der Waals surface area contributed by atoms with Crippen molar-refractivity contribution in [2.45, 2.75) is 4.90 Å². The molecule has 22 heavy (non-hydrogen) atoms. The molecule has 0 aliphatic carbocycles. The Balaban J connectivity index is 2.06. The predicted molar refractivity (Wildman–Crippen MR) is 90.5 cm³/mol. The van der Waals surface area contributed by atoms with Crippen molar-refractivity contribution in [3.05, 3.63) is 46.2 Å². The molecule has 2 aromatic heterocycles. The van der Waals surface area contributed by atoms with Gasteiger partial charge in [0.05, 0.1) is 16.2 Å². The smallest absolute Gasteiger partial charge is 0.263 e. The van der Waals surface area contributed by atoms with Crippen molar-refractivity contribution in [2.24, 2.45) is 0 Å². The summed E-state index contributed by atoms with van der Waals surface area (Å²) in [6.07, 6.45) is 2.90. The van der Waals surface area contributed by atoms with Gasteiger partial charge in [0.2, 0.25) is 0 Å². The van der Waals surface area contributed by atoms with Gasteiger partial charge in [0, 0.05) is 22.3 Å². The topological polar surface area (TPSA) is 101 Å². The van der Waals surface area contributed by atoms with E-state index in [1.165, 1.54) is 18.3 Å². The predicted octanol–water partition coefficient (Wildman–Crippen LogP) is 3.36. The van der Waals surface area contributed by atoms with Crippen LogP contribution in [0.25, 0.3) is 10.9 Å². The van der Waals surface area contributed by atoms with Crippen LogP contribution < -0.4 is 10.5 Å². The number of rotatable bonds is 3. The second kappa shape index (κ2) is 5.45. The lowest BCUT2D eigenvalue weighted by Crippen LogP contribution is -2.13. The first kappa shape index (κ1) is 15.1. The summed E-state index contributed by atoms with van der Waals surface area (Å²) in [6.45, 7) is 0. The zero-order valence-corrected chi connectivity index (χ0v) is 14.1. The molecule has 0 bridgehead atoms. The molecule has 9 heteroatoms. The molecule has 0 aliphatic rings. The molecule has 0 saturated carbocycles. The Morgan fingerprint density at radius 3 is 2.73 bits per heavy atom. The van der Waals surface area contributed by atoms with E-state index in [0.29, 0.717) is 21.6 Å². The molecular weight excluding hydrogens is 392 g/mol. The fourth-order valence-corrected chi connectivity index (χ4v) is 3.92. The SMILES string of the molecule is Nc1ccc(S(=O)(=O)Nc2ccc(Cl)c3c(Br)c[nH]c23)cn1. The lowest BCUT2D eigenvalue weighted by Gasteiger charge is -2.09. The Hall–Kier alpha value is -1.77. The summed E-state index contributed by atoms with van der Waals surface area (Å²) in [5, 5.41) is 1.22. The van der Waals surface area contributed by atoms with E-state index in [9.17, 15) is 8.42 Å². The van der Waals surface area contributed by atoms with Crippen LogP contribution in [0.4, 0.5) is 11.5 Å². The van der Waals surface area contributed by atoms with Crippen LogP contribution in [0.1, 0.15) is 0 Å². The normalized spacial score (nSPS) is 11.7. The molecule has 6 nitrogen and oxygen atoms in total. The number of hydrogen-bond acceptors (Lipinski definition) is 4. The summed E-state index contributed by atoms with van der Waals surface area (Å²) >= 11 is 9.50. The number of aromatic amines is 1. The molecule has 0 saturated heterocycles. The average molecular weight is 402 g/mol. The van der Waals surface area contributed by atoms with Crippen LogP contribution >= 0.6 is 27.5 Å².